The smallest absolute Gasteiger partial charge is 0.261 e. The first kappa shape index (κ1) is 9.08. The first-order valence-electron chi connectivity index (χ1n) is 4.29. The molecular weight excluding hydrogens is 198 g/mol. The molecule has 14 heavy (non-hydrogen) atoms. The Morgan fingerprint density at radius 2 is 2.50 bits per heavy atom. The van der Waals surface area contributed by atoms with Crippen molar-refractivity contribution in [3.8, 4) is 0 Å². The van der Waals surface area contributed by atoms with Crippen molar-refractivity contribution in [1.82, 2.24) is 15.3 Å². The average molecular weight is 207 g/mol. The van der Waals surface area contributed by atoms with Gasteiger partial charge in [0.05, 0.1) is 4.88 Å². The van der Waals surface area contributed by atoms with Crippen LogP contribution in [0.25, 0.3) is 10.2 Å². The molecule has 0 radical (unpaired) electrons. The zero-order chi connectivity index (χ0) is 9.97. The monoisotopic (exact) mass is 207 g/mol. The van der Waals surface area contributed by atoms with Gasteiger partial charge in [0.25, 0.3) is 5.91 Å². The van der Waals surface area contributed by atoms with Crippen LogP contribution in [0.4, 0.5) is 0 Å². The van der Waals surface area contributed by atoms with Gasteiger partial charge in [-0.15, -0.1) is 11.3 Å². The van der Waals surface area contributed by atoms with Crippen LogP contribution in [0.15, 0.2) is 18.6 Å². The number of nitrogens with one attached hydrogen (secondary N) is 1. The molecular formula is C9H9N3OS. The largest absolute Gasteiger partial charge is 0.352 e. The number of fused-ring (bicyclic) bond motifs is 1. The molecule has 0 atom stereocenters. The number of hydrogen-bond donors (Lipinski definition) is 1. The van der Waals surface area contributed by atoms with E-state index in [4.69, 9.17) is 0 Å². The minimum atomic E-state index is -0.0458. The minimum absolute atomic E-state index is 0.0458. The van der Waals surface area contributed by atoms with E-state index in [0.717, 1.165) is 10.2 Å². The van der Waals surface area contributed by atoms with E-state index in [1.807, 2.05) is 13.0 Å². The molecule has 1 N–H and O–H groups in total. The molecule has 2 heterocycles. The van der Waals surface area contributed by atoms with Crippen molar-refractivity contribution < 1.29 is 4.79 Å². The van der Waals surface area contributed by atoms with Gasteiger partial charge in [-0.1, -0.05) is 0 Å². The summed E-state index contributed by atoms with van der Waals surface area (Å²) < 4.78 is 0. The van der Waals surface area contributed by atoms with E-state index in [0.29, 0.717) is 11.4 Å². The van der Waals surface area contributed by atoms with Gasteiger partial charge in [0.1, 0.15) is 11.2 Å². The number of amides is 1. The van der Waals surface area contributed by atoms with Gasteiger partial charge in [0.15, 0.2) is 0 Å². The number of hydrogen-bond acceptors (Lipinski definition) is 4. The summed E-state index contributed by atoms with van der Waals surface area (Å²) in [6, 6.07) is 1.81. The van der Waals surface area contributed by atoms with Crippen LogP contribution in [0.3, 0.4) is 0 Å². The Morgan fingerprint density at radius 3 is 3.21 bits per heavy atom. The van der Waals surface area contributed by atoms with Gasteiger partial charge in [-0.05, 0) is 13.0 Å². The summed E-state index contributed by atoms with van der Waals surface area (Å²) in [7, 11) is 0. The van der Waals surface area contributed by atoms with E-state index in [1.54, 1.807) is 6.20 Å². The molecule has 0 saturated carbocycles. The molecule has 0 fully saturated rings. The highest BCUT2D eigenvalue weighted by atomic mass is 32.1. The van der Waals surface area contributed by atoms with E-state index < -0.39 is 0 Å². The maximum atomic E-state index is 11.5. The van der Waals surface area contributed by atoms with Crippen LogP contribution in [0.1, 0.15) is 16.6 Å². The third-order valence-corrected chi connectivity index (χ3v) is 2.81. The van der Waals surface area contributed by atoms with Gasteiger partial charge in [-0.25, -0.2) is 9.97 Å². The van der Waals surface area contributed by atoms with Gasteiger partial charge in [0.2, 0.25) is 0 Å². The molecule has 5 heteroatoms. The molecule has 0 spiro atoms. The lowest BCUT2D eigenvalue weighted by molar-refractivity contribution is 0.0960. The predicted octanol–water partition coefficient (Wildman–Crippen LogP) is 1.44. The van der Waals surface area contributed by atoms with Crippen LogP contribution < -0.4 is 5.32 Å². The molecule has 0 aliphatic heterocycles. The Hall–Kier alpha value is -1.49. The molecule has 2 rings (SSSR count). The van der Waals surface area contributed by atoms with Gasteiger partial charge < -0.3 is 5.32 Å². The van der Waals surface area contributed by atoms with Crippen LogP contribution in [0.2, 0.25) is 0 Å². The van der Waals surface area contributed by atoms with Crippen molar-refractivity contribution >= 4 is 27.5 Å². The van der Waals surface area contributed by atoms with Crippen molar-refractivity contribution in [2.24, 2.45) is 0 Å². The average Bonchev–Trinajstić information content (AvgIpc) is 2.61. The van der Waals surface area contributed by atoms with Crippen LogP contribution in [-0.2, 0) is 0 Å². The number of carbonyl (C=O) groups excluding carboxylic acids is 1. The topological polar surface area (TPSA) is 54.9 Å². The van der Waals surface area contributed by atoms with Crippen LogP contribution in [0.5, 0.6) is 0 Å². The van der Waals surface area contributed by atoms with E-state index in [-0.39, 0.29) is 5.91 Å². The van der Waals surface area contributed by atoms with Gasteiger partial charge in [-0.3, -0.25) is 4.79 Å². The van der Waals surface area contributed by atoms with Crippen LogP contribution >= 0.6 is 11.3 Å². The Kier molecular flexibility index (Phi) is 2.41. The Balaban J connectivity index is 2.40. The Bertz CT molecular complexity index is 433. The summed E-state index contributed by atoms with van der Waals surface area (Å²) in [5, 5.41) is 3.66. The molecule has 0 bridgehead atoms. The molecule has 2 aromatic heterocycles. The van der Waals surface area contributed by atoms with Crippen LogP contribution in [-0.4, -0.2) is 22.4 Å². The summed E-state index contributed by atoms with van der Waals surface area (Å²) in [5.74, 6) is -0.0458. The molecule has 0 unspecified atom stereocenters. The molecule has 0 aliphatic rings. The van der Waals surface area contributed by atoms with Crippen molar-refractivity contribution in [3.05, 3.63) is 23.5 Å². The number of rotatable bonds is 2. The fraction of sp³-hybridized carbons (Fsp3) is 0.222. The maximum Gasteiger partial charge on any atom is 0.261 e. The standard InChI is InChI=1S/C9H9N3OS/c1-2-11-8(13)7-3-6-4-10-5-12-9(6)14-7/h3-5H,2H2,1H3,(H,11,13). The molecule has 4 nitrogen and oxygen atoms in total. The second-order valence-electron chi connectivity index (χ2n) is 2.75. The third-order valence-electron chi connectivity index (χ3n) is 1.76. The SMILES string of the molecule is CCNC(=O)c1cc2cncnc2s1. The molecule has 0 aliphatic carbocycles. The van der Waals surface area contributed by atoms with Gasteiger partial charge in [-0.2, -0.15) is 0 Å². The molecule has 0 saturated heterocycles. The third kappa shape index (κ3) is 1.58. The first-order chi connectivity index (χ1) is 6.81. The highest BCUT2D eigenvalue weighted by molar-refractivity contribution is 7.20. The number of aromatic nitrogens is 2. The van der Waals surface area contributed by atoms with Crippen LogP contribution in [0, 0.1) is 0 Å². The lowest BCUT2D eigenvalue weighted by Gasteiger charge is -1.95. The van der Waals surface area contributed by atoms with E-state index in [2.05, 4.69) is 15.3 Å². The molecule has 0 aromatic carbocycles. The lowest BCUT2D eigenvalue weighted by atomic mass is 10.3. The zero-order valence-corrected chi connectivity index (χ0v) is 8.47. The summed E-state index contributed by atoms with van der Waals surface area (Å²) in [6.07, 6.45) is 3.20. The number of thiophene rings is 1. The fourth-order valence-electron chi connectivity index (χ4n) is 1.15. The highest BCUT2D eigenvalue weighted by Crippen LogP contribution is 2.22. The molecule has 72 valence electrons. The van der Waals surface area contributed by atoms with E-state index >= 15 is 0 Å². The summed E-state index contributed by atoms with van der Waals surface area (Å²) >= 11 is 1.38. The zero-order valence-electron chi connectivity index (χ0n) is 7.65. The van der Waals surface area contributed by atoms with Crippen molar-refractivity contribution in [2.75, 3.05) is 6.54 Å². The summed E-state index contributed by atoms with van der Waals surface area (Å²) in [5.41, 5.74) is 0. The lowest BCUT2D eigenvalue weighted by Crippen LogP contribution is -2.21. The van der Waals surface area contributed by atoms with Crippen molar-refractivity contribution in [2.45, 2.75) is 6.92 Å². The van der Waals surface area contributed by atoms with Gasteiger partial charge >= 0.3 is 0 Å². The van der Waals surface area contributed by atoms with Crippen molar-refractivity contribution in [1.29, 1.82) is 0 Å². The second kappa shape index (κ2) is 3.71. The number of carbonyl (C=O) groups is 1. The minimum Gasteiger partial charge on any atom is -0.352 e. The Labute approximate surface area is 85.0 Å². The van der Waals surface area contributed by atoms with E-state index in [1.165, 1.54) is 17.7 Å². The first-order valence-corrected chi connectivity index (χ1v) is 5.10. The summed E-state index contributed by atoms with van der Waals surface area (Å²) in [4.78, 5) is 21.0. The predicted molar refractivity (Wildman–Crippen MR) is 55.4 cm³/mol. The highest BCUT2D eigenvalue weighted by Gasteiger charge is 2.09. The van der Waals surface area contributed by atoms with Gasteiger partial charge in [0, 0.05) is 18.1 Å². The normalized spacial score (nSPS) is 10.4. The second-order valence-corrected chi connectivity index (χ2v) is 3.78. The number of nitrogens with zero attached hydrogens (tertiary/aromatic N) is 2. The van der Waals surface area contributed by atoms with E-state index in [9.17, 15) is 4.79 Å². The molecule has 2 aromatic rings. The molecule has 1 amide bonds. The maximum absolute atomic E-state index is 11.5. The quantitative estimate of drug-likeness (QED) is 0.810. The fourth-order valence-corrected chi connectivity index (χ4v) is 2.04. The summed E-state index contributed by atoms with van der Waals surface area (Å²) in [6.45, 7) is 2.53. The van der Waals surface area contributed by atoms with Crippen molar-refractivity contribution in [3.63, 3.8) is 0 Å². The Morgan fingerprint density at radius 1 is 1.64 bits per heavy atom.